The molecular formula is C8H13N3O. The predicted molar refractivity (Wildman–Crippen MR) is 48.8 cm³/mol. The summed E-state index contributed by atoms with van der Waals surface area (Å²) in [5, 5.41) is 2.92. The third-order valence-corrected chi connectivity index (χ3v) is 0.919. The topological polar surface area (TPSA) is 81.1 Å². The largest absolute Gasteiger partial charge is 0.369 e. The lowest BCUT2D eigenvalue weighted by molar-refractivity contribution is -0.116. The van der Waals surface area contributed by atoms with Gasteiger partial charge in [0, 0.05) is 12.4 Å². The van der Waals surface area contributed by atoms with Crippen molar-refractivity contribution in [3.05, 3.63) is 36.7 Å². The summed E-state index contributed by atoms with van der Waals surface area (Å²) in [6, 6.07) is 0. The molecule has 0 aromatic heterocycles. The molecule has 1 rings (SSSR count). The first kappa shape index (κ1) is 10.4. The molecule has 0 saturated carbocycles. The molecule has 1 aliphatic rings. The highest BCUT2D eigenvalue weighted by Gasteiger charge is 1.77. The van der Waals surface area contributed by atoms with E-state index in [0.29, 0.717) is 0 Å². The summed E-state index contributed by atoms with van der Waals surface area (Å²) in [4.78, 5) is 9.47. The summed E-state index contributed by atoms with van der Waals surface area (Å²) in [6.07, 6.45) is 11.6. The molecule has 5 N–H and O–H groups in total. The van der Waals surface area contributed by atoms with Crippen LogP contribution in [0.4, 0.5) is 0 Å². The molecule has 0 unspecified atom stereocenters. The quantitative estimate of drug-likeness (QED) is 0.497. The van der Waals surface area contributed by atoms with Gasteiger partial charge in [0.15, 0.2) is 0 Å². The Morgan fingerprint density at radius 3 is 1.92 bits per heavy atom. The zero-order chi connectivity index (χ0) is 9.23. The molecule has 0 spiro atoms. The number of rotatable bonds is 1. The Morgan fingerprint density at radius 1 is 1.17 bits per heavy atom. The van der Waals surface area contributed by atoms with E-state index in [9.17, 15) is 4.79 Å². The van der Waals surface area contributed by atoms with E-state index in [-0.39, 0.29) is 6.54 Å². The molecule has 4 nitrogen and oxygen atoms in total. The predicted octanol–water partition coefficient (Wildman–Crippen LogP) is -0.396. The minimum Gasteiger partial charge on any atom is -0.369 e. The van der Waals surface area contributed by atoms with Crippen molar-refractivity contribution < 1.29 is 4.79 Å². The Kier molecular flexibility index (Phi) is 6.58. The third-order valence-electron chi connectivity index (χ3n) is 0.919. The van der Waals surface area contributed by atoms with Crippen molar-refractivity contribution in [3.8, 4) is 0 Å². The van der Waals surface area contributed by atoms with Gasteiger partial charge in [0.05, 0.1) is 6.54 Å². The maximum Gasteiger partial charge on any atom is 0.231 e. The lowest BCUT2D eigenvalue weighted by Crippen LogP contribution is -2.21. The second kappa shape index (κ2) is 7.56. The van der Waals surface area contributed by atoms with Gasteiger partial charge in [-0.1, -0.05) is 12.2 Å². The molecule has 1 amide bonds. The number of carbonyl (C=O) groups excluding carboxylic acids is 1. The molecule has 0 radical (unpaired) electrons. The van der Waals surface area contributed by atoms with Crippen LogP contribution in [-0.2, 0) is 4.79 Å². The smallest absolute Gasteiger partial charge is 0.231 e. The summed E-state index contributed by atoms with van der Waals surface area (Å²) >= 11 is 0. The molecule has 1 heterocycles. The van der Waals surface area contributed by atoms with Crippen molar-refractivity contribution >= 4 is 5.91 Å². The van der Waals surface area contributed by atoms with E-state index in [1.807, 2.05) is 36.7 Å². The zero-order valence-electron chi connectivity index (χ0n) is 6.73. The Labute approximate surface area is 71.6 Å². The third kappa shape index (κ3) is 8.45. The highest BCUT2D eigenvalue weighted by atomic mass is 16.1. The lowest BCUT2D eigenvalue weighted by Gasteiger charge is -1.79. The molecule has 66 valence electrons. The highest BCUT2D eigenvalue weighted by molar-refractivity contribution is 5.75. The van der Waals surface area contributed by atoms with Gasteiger partial charge in [0.25, 0.3) is 0 Å². The standard InChI is InChI=1S/C6H7N.C2H6N2O/c1-2-4-6-7-5-3-1;3-1-2(4)5/h1-7H;1,3H2,(H2,4,5). The highest BCUT2D eigenvalue weighted by Crippen LogP contribution is 1.81. The first-order chi connectivity index (χ1) is 5.77. The van der Waals surface area contributed by atoms with E-state index in [4.69, 9.17) is 5.73 Å². The van der Waals surface area contributed by atoms with Gasteiger partial charge in [-0.05, 0) is 12.2 Å². The van der Waals surface area contributed by atoms with Gasteiger partial charge in [-0.2, -0.15) is 0 Å². The number of nitrogens with one attached hydrogen (secondary N) is 1. The molecule has 12 heavy (non-hydrogen) atoms. The van der Waals surface area contributed by atoms with E-state index >= 15 is 0 Å². The Morgan fingerprint density at radius 2 is 1.58 bits per heavy atom. The van der Waals surface area contributed by atoms with Crippen LogP contribution >= 0.6 is 0 Å². The van der Waals surface area contributed by atoms with Crippen LogP contribution in [-0.4, -0.2) is 12.5 Å². The Bertz CT molecular complexity index is 192. The fourth-order valence-corrected chi connectivity index (χ4v) is 0.406. The van der Waals surface area contributed by atoms with E-state index in [1.165, 1.54) is 0 Å². The van der Waals surface area contributed by atoms with E-state index in [0.717, 1.165) is 0 Å². The van der Waals surface area contributed by atoms with Crippen molar-refractivity contribution in [2.24, 2.45) is 11.5 Å². The summed E-state index contributed by atoms with van der Waals surface area (Å²) in [5.41, 5.74) is 9.22. The lowest BCUT2D eigenvalue weighted by atomic mass is 10.5. The number of hydrogen-bond acceptors (Lipinski definition) is 3. The van der Waals surface area contributed by atoms with Crippen LogP contribution in [0.1, 0.15) is 0 Å². The average Bonchev–Trinajstić information content (AvgIpc) is 2.35. The van der Waals surface area contributed by atoms with Crippen LogP contribution in [0.25, 0.3) is 0 Å². The van der Waals surface area contributed by atoms with E-state index < -0.39 is 5.91 Å². The van der Waals surface area contributed by atoms with Crippen molar-refractivity contribution in [2.75, 3.05) is 6.54 Å². The summed E-state index contributed by atoms with van der Waals surface area (Å²) in [6.45, 7) is -0.0556. The first-order valence-corrected chi connectivity index (χ1v) is 3.50. The number of primary amides is 1. The number of hydrogen-bond donors (Lipinski definition) is 3. The summed E-state index contributed by atoms with van der Waals surface area (Å²) in [5.74, 6) is -0.468. The molecule has 0 aromatic rings. The van der Waals surface area contributed by atoms with Gasteiger partial charge in [0.1, 0.15) is 0 Å². The number of amides is 1. The number of nitrogens with two attached hydrogens (primary N) is 2. The van der Waals surface area contributed by atoms with Crippen LogP contribution in [0.3, 0.4) is 0 Å². The van der Waals surface area contributed by atoms with Gasteiger partial charge >= 0.3 is 0 Å². The van der Waals surface area contributed by atoms with Crippen molar-refractivity contribution in [1.82, 2.24) is 5.32 Å². The van der Waals surface area contributed by atoms with Crippen LogP contribution < -0.4 is 16.8 Å². The van der Waals surface area contributed by atoms with Gasteiger partial charge in [-0.25, -0.2) is 0 Å². The van der Waals surface area contributed by atoms with Crippen LogP contribution in [0, 0.1) is 0 Å². The van der Waals surface area contributed by atoms with Gasteiger partial charge in [0.2, 0.25) is 5.91 Å². The van der Waals surface area contributed by atoms with E-state index in [1.54, 1.807) is 0 Å². The van der Waals surface area contributed by atoms with Gasteiger partial charge in [-0.15, -0.1) is 0 Å². The number of carbonyl (C=O) groups is 1. The number of allylic oxidation sites excluding steroid dienone is 4. The zero-order valence-corrected chi connectivity index (χ0v) is 6.73. The minimum absolute atomic E-state index is 0.0556. The van der Waals surface area contributed by atoms with Gasteiger partial charge in [-0.3, -0.25) is 4.79 Å². The van der Waals surface area contributed by atoms with Crippen molar-refractivity contribution in [2.45, 2.75) is 0 Å². The maximum absolute atomic E-state index is 9.47. The Hall–Kier alpha value is -1.55. The first-order valence-electron chi connectivity index (χ1n) is 3.50. The summed E-state index contributed by atoms with van der Waals surface area (Å²) < 4.78 is 0. The molecule has 0 saturated heterocycles. The van der Waals surface area contributed by atoms with Crippen LogP contribution in [0.15, 0.2) is 36.7 Å². The Balaban J connectivity index is 0.000000217. The van der Waals surface area contributed by atoms with Crippen molar-refractivity contribution in [3.63, 3.8) is 0 Å². The van der Waals surface area contributed by atoms with E-state index in [2.05, 4.69) is 11.1 Å². The van der Waals surface area contributed by atoms with Crippen molar-refractivity contribution in [1.29, 1.82) is 0 Å². The molecule has 0 aliphatic carbocycles. The molecule has 0 fully saturated rings. The normalized spacial score (nSPS) is 12.4. The second-order valence-electron chi connectivity index (χ2n) is 1.94. The second-order valence-corrected chi connectivity index (χ2v) is 1.94. The SMILES string of the molecule is C1=CC=CNC=C1.NCC(N)=O. The van der Waals surface area contributed by atoms with Crippen LogP contribution in [0.5, 0.6) is 0 Å². The fourth-order valence-electron chi connectivity index (χ4n) is 0.406. The fraction of sp³-hybridized carbons (Fsp3) is 0.125. The molecule has 0 atom stereocenters. The maximum atomic E-state index is 9.47. The van der Waals surface area contributed by atoms with Gasteiger partial charge < -0.3 is 16.8 Å². The molecule has 0 bridgehead atoms. The summed E-state index contributed by atoms with van der Waals surface area (Å²) in [7, 11) is 0. The molecule has 0 aromatic carbocycles. The monoisotopic (exact) mass is 167 g/mol. The minimum atomic E-state index is -0.468. The van der Waals surface area contributed by atoms with Crippen LogP contribution in [0.2, 0.25) is 0 Å². The molecule has 1 aliphatic heterocycles. The molecule has 4 heteroatoms. The molecular weight excluding hydrogens is 154 g/mol. The average molecular weight is 167 g/mol.